The van der Waals surface area contributed by atoms with Crippen LogP contribution in [-0.2, 0) is 4.79 Å². The third-order valence-electron chi connectivity index (χ3n) is 3.34. The standard InChI is InChI=1S/C15H21BrN2OS/c1-12-11-18(9-8-17-12)15(19)3-2-10-20-14-6-4-13(16)5-7-14/h4-7,12,17H,2-3,8-11H2,1H3. The smallest absolute Gasteiger partial charge is 0.222 e. The minimum atomic E-state index is 0.301. The summed E-state index contributed by atoms with van der Waals surface area (Å²) in [6.45, 7) is 4.74. The first-order chi connectivity index (χ1) is 9.65. The molecular weight excluding hydrogens is 336 g/mol. The Kier molecular flexibility index (Phi) is 6.39. The molecule has 5 heteroatoms. The fourth-order valence-corrected chi connectivity index (χ4v) is 3.38. The van der Waals surface area contributed by atoms with Gasteiger partial charge in [0.2, 0.25) is 5.91 Å². The molecule has 1 unspecified atom stereocenters. The van der Waals surface area contributed by atoms with E-state index in [9.17, 15) is 4.79 Å². The Hall–Kier alpha value is -0.520. The van der Waals surface area contributed by atoms with E-state index in [0.29, 0.717) is 18.4 Å². The van der Waals surface area contributed by atoms with Crippen molar-refractivity contribution in [3.8, 4) is 0 Å². The summed E-state index contributed by atoms with van der Waals surface area (Å²) in [5.74, 6) is 1.30. The minimum absolute atomic E-state index is 0.301. The highest BCUT2D eigenvalue weighted by atomic mass is 79.9. The van der Waals surface area contributed by atoms with Crippen molar-refractivity contribution in [1.29, 1.82) is 0 Å². The second kappa shape index (κ2) is 8.05. The predicted octanol–water partition coefficient (Wildman–Crippen LogP) is 3.14. The lowest BCUT2D eigenvalue weighted by molar-refractivity contribution is -0.132. The maximum Gasteiger partial charge on any atom is 0.222 e. The van der Waals surface area contributed by atoms with Gasteiger partial charge in [0, 0.05) is 41.5 Å². The first kappa shape index (κ1) is 15.9. The molecule has 1 saturated heterocycles. The molecule has 2 rings (SSSR count). The number of carbonyl (C=O) groups is 1. The molecule has 0 aromatic heterocycles. The van der Waals surface area contributed by atoms with Crippen LogP contribution in [0, 0.1) is 0 Å². The maximum absolute atomic E-state index is 12.1. The third-order valence-corrected chi connectivity index (χ3v) is 4.97. The monoisotopic (exact) mass is 356 g/mol. The molecular formula is C15H21BrN2OS. The second-order valence-corrected chi connectivity index (χ2v) is 7.18. The molecule has 0 aliphatic carbocycles. The zero-order valence-electron chi connectivity index (χ0n) is 11.8. The van der Waals surface area contributed by atoms with Crippen molar-refractivity contribution in [3.63, 3.8) is 0 Å². The van der Waals surface area contributed by atoms with E-state index in [-0.39, 0.29) is 0 Å². The number of carbonyl (C=O) groups excluding carboxylic acids is 1. The topological polar surface area (TPSA) is 32.3 Å². The molecule has 0 spiro atoms. The fraction of sp³-hybridized carbons (Fsp3) is 0.533. The summed E-state index contributed by atoms with van der Waals surface area (Å²) in [4.78, 5) is 15.3. The van der Waals surface area contributed by atoms with Crippen LogP contribution in [0.1, 0.15) is 19.8 Å². The predicted molar refractivity (Wildman–Crippen MR) is 88.1 cm³/mol. The molecule has 0 saturated carbocycles. The quantitative estimate of drug-likeness (QED) is 0.649. The van der Waals surface area contributed by atoms with Crippen molar-refractivity contribution in [3.05, 3.63) is 28.7 Å². The highest BCUT2D eigenvalue weighted by molar-refractivity contribution is 9.10. The van der Waals surface area contributed by atoms with Crippen molar-refractivity contribution in [2.24, 2.45) is 0 Å². The molecule has 1 amide bonds. The number of amides is 1. The SMILES string of the molecule is CC1CN(C(=O)CCCSc2ccc(Br)cc2)CCN1. The van der Waals surface area contributed by atoms with E-state index in [4.69, 9.17) is 0 Å². The molecule has 1 N–H and O–H groups in total. The Balaban J connectivity index is 1.65. The number of benzene rings is 1. The van der Waals surface area contributed by atoms with E-state index in [0.717, 1.165) is 36.3 Å². The van der Waals surface area contributed by atoms with Crippen LogP contribution in [0.5, 0.6) is 0 Å². The lowest BCUT2D eigenvalue weighted by atomic mass is 10.2. The number of piperazine rings is 1. The van der Waals surface area contributed by atoms with E-state index in [1.807, 2.05) is 16.7 Å². The number of rotatable bonds is 5. The Labute approximate surface area is 133 Å². The van der Waals surface area contributed by atoms with Gasteiger partial charge >= 0.3 is 0 Å². The van der Waals surface area contributed by atoms with Crippen LogP contribution >= 0.6 is 27.7 Å². The Bertz CT molecular complexity index is 438. The molecule has 3 nitrogen and oxygen atoms in total. The zero-order valence-corrected chi connectivity index (χ0v) is 14.2. The van der Waals surface area contributed by atoms with E-state index in [2.05, 4.69) is 52.4 Å². The van der Waals surface area contributed by atoms with Gasteiger partial charge in [-0.15, -0.1) is 11.8 Å². The molecule has 1 heterocycles. The molecule has 1 atom stereocenters. The maximum atomic E-state index is 12.1. The average molecular weight is 357 g/mol. The van der Waals surface area contributed by atoms with Crippen LogP contribution in [0.3, 0.4) is 0 Å². The van der Waals surface area contributed by atoms with Gasteiger partial charge in [-0.05, 0) is 43.4 Å². The van der Waals surface area contributed by atoms with Crippen LogP contribution in [0.25, 0.3) is 0 Å². The second-order valence-electron chi connectivity index (χ2n) is 5.10. The zero-order chi connectivity index (χ0) is 14.4. The molecule has 1 aliphatic heterocycles. The van der Waals surface area contributed by atoms with Crippen LogP contribution in [-0.4, -0.2) is 42.2 Å². The van der Waals surface area contributed by atoms with Gasteiger partial charge in [-0.2, -0.15) is 0 Å². The Morgan fingerprint density at radius 3 is 2.90 bits per heavy atom. The number of halogens is 1. The summed E-state index contributed by atoms with van der Waals surface area (Å²) in [6.07, 6.45) is 1.61. The first-order valence-electron chi connectivity index (χ1n) is 7.04. The third kappa shape index (κ3) is 5.11. The summed E-state index contributed by atoms with van der Waals surface area (Å²) in [5.41, 5.74) is 0. The summed E-state index contributed by atoms with van der Waals surface area (Å²) < 4.78 is 1.10. The van der Waals surface area contributed by atoms with Gasteiger partial charge in [0.05, 0.1) is 0 Å². The Morgan fingerprint density at radius 2 is 2.20 bits per heavy atom. The van der Waals surface area contributed by atoms with Crippen LogP contribution in [0.4, 0.5) is 0 Å². The van der Waals surface area contributed by atoms with Crippen molar-refractivity contribution in [2.45, 2.75) is 30.7 Å². The molecule has 1 fully saturated rings. The van der Waals surface area contributed by atoms with E-state index in [1.165, 1.54) is 4.90 Å². The molecule has 1 aliphatic rings. The summed E-state index contributed by atoms with van der Waals surface area (Å²) in [6, 6.07) is 8.73. The first-order valence-corrected chi connectivity index (χ1v) is 8.82. The average Bonchev–Trinajstić information content (AvgIpc) is 2.45. The van der Waals surface area contributed by atoms with Gasteiger partial charge in [-0.25, -0.2) is 0 Å². The van der Waals surface area contributed by atoms with Gasteiger partial charge in [0.15, 0.2) is 0 Å². The fourth-order valence-electron chi connectivity index (χ4n) is 2.26. The summed E-state index contributed by atoms with van der Waals surface area (Å²) in [5, 5.41) is 3.36. The van der Waals surface area contributed by atoms with Gasteiger partial charge in [-0.1, -0.05) is 15.9 Å². The number of nitrogens with one attached hydrogen (secondary N) is 1. The molecule has 1 aromatic rings. The van der Waals surface area contributed by atoms with Gasteiger partial charge in [-0.3, -0.25) is 4.79 Å². The van der Waals surface area contributed by atoms with E-state index in [1.54, 1.807) is 0 Å². The van der Waals surface area contributed by atoms with Crippen LogP contribution < -0.4 is 5.32 Å². The molecule has 0 bridgehead atoms. The lowest BCUT2D eigenvalue weighted by Crippen LogP contribution is -2.51. The minimum Gasteiger partial charge on any atom is -0.340 e. The van der Waals surface area contributed by atoms with E-state index < -0.39 is 0 Å². The largest absolute Gasteiger partial charge is 0.340 e. The highest BCUT2D eigenvalue weighted by Gasteiger charge is 2.19. The normalized spacial score (nSPS) is 19.1. The molecule has 0 radical (unpaired) electrons. The van der Waals surface area contributed by atoms with E-state index >= 15 is 0 Å². The van der Waals surface area contributed by atoms with Gasteiger partial charge in [0.1, 0.15) is 0 Å². The number of hydrogen-bond acceptors (Lipinski definition) is 3. The molecule has 1 aromatic carbocycles. The lowest BCUT2D eigenvalue weighted by Gasteiger charge is -2.32. The van der Waals surface area contributed by atoms with Crippen LogP contribution in [0.15, 0.2) is 33.6 Å². The molecule has 20 heavy (non-hydrogen) atoms. The van der Waals surface area contributed by atoms with Gasteiger partial charge < -0.3 is 10.2 Å². The van der Waals surface area contributed by atoms with Crippen LogP contribution in [0.2, 0.25) is 0 Å². The summed E-state index contributed by atoms with van der Waals surface area (Å²) >= 11 is 5.25. The number of hydrogen-bond donors (Lipinski definition) is 1. The van der Waals surface area contributed by atoms with Crippen molar-refractivity contribution >= 4 is 33.6 Å². The molecule has 110 valence electrons. The highest BCUT2D eigenvalue weighted by Crippen LogP contribution is 2.21. The number of thioether (sulfide) groups is 1. The number of nitrogens with zero attached hydrogens (tertiary/aromatic N) is 1. The summed E-state index contributed by atoms with van der Waals surface area (Å²) in [7, 11) is 0. The Morgan fingerprint density at radius 1 is 1.45 bits per heavy atom. The van der Waals surface area contributed by atoms with Crippen molar-refractivity contribution in [1.82, 2.24) is 10.2 Å². The van der Waals surface area contributed by atoms with Crippen molar-refractivity contribution < 1.29 is 4.79 Å². The van der Waals surface area contributed by atoms with Gasteiger partial charge in [0.25, 0.3) is 0 Å². The van der Waals surface area contributed by atoms with Crippen molar-refractivity contribution in [2.75, 3.05) is 25.4 Å².